The van der Waals surface area contributed by atoms with Crippen molar-refractivity contribution in [2.45, 2.75) is 50.1 Å². The average molecular weight is 519 g/mol. The van der Waals surface area contributed by atoms with Crippen LogP contribution >= 0.6 is 0 Å². The first kappa shape index (κ1) is 24.0. The van der Waals surface area contributed by atoms with Gasteiger partial charge in [-0.15, -0.1) is 20.1 Å². The molecule has 1 aliphatic heterocycles. The van der Waals surface area contributed by atoms with Gasteiger partial charge in [0.25, 0.3) is 5.95 Å². The van der Waals surface area contributed by atoms with Crippen molar-refractivity contribution >= 4 is 11.7 Å². The van der Waals surface area contributed by atoms with Crippen molar-refractivity contribution in [3.8, 4) is 5.69 Å². The summed E-state index contributed by atoms with van der Waals surface area (Å²) in [4.78, 5) is 14.8. The maximum Gasteiger partial charge on any atom is 0.418 e. The first-order valence-corrected chi connectivity index (χ1v) is 10.5. The topological polar surface area (TPSA) is 102 Å². The van der Waals surface area contributed by atoms with Crippen molar-refractivity contribution in [3.63, 3.8) is 0 Å². The Kier molecular flexibility index (Phi) is 5.26. The molecule has 1 aliphatic carbocycles. The van der Waals surface area contributed by atoms with E-state index in [0.29, 0.717) is 17.1 Å². The van der Waals surface area contributed by atoms with E-state index in [2.05, 4.69) is 25.7 Å². The van der Waals surface area contributed by atoms with Gasteiger partial charge >= 0.3 is 18.4 Å². The number of amides is 2. The third-order valence-corrected chi connectivity index (χ3v) is 6.38. The number of nitrogens with zero attached hydrogens (tertiary/aromatic N) is 6. The molecule has 1 N–H and O–H groups in total. The molecular weight excluding hydrogens is 503 g/mol. The van der Waals surface area contributed by atoms with Crippen LogP contribution in [0.25, 0.3) is 5.69 Å². The van der Waals surface area contributed by atoms with Crippen LogP contribution in [-0.4, -0.2) is 48.3 Å². The van der Waals surface area contributed by atoms with E-state index >= 15 is 0 Å². The van der Waals surface area contributed by atoms with Crippen molar-refractivity contribution in [2.24, 2.45) is 5.92 Å². The van der Waals surface area contributed by atoms with Gasteiger partial charge in [-0.2, -0.15) is 35.8 Å². The van der Waals surface area contributed by atoms with Gasteiger partial charge in [-0.3, -0.25) is 0 Å². The van der Waals surface area contributed by atoms with E-state index in [1.54, 1.807) is 0 Å². The van der Waals surface area contributed by atoms with Crippen LogP contribution in [0.5, 0.6) is 0 Å². The number of hydrogen-bond acceptors (Lipinski definition) is 6. The van der Waals surface area contributed by atoms with E-state index in [1.165, 1.54) is 6.92 Å². The summed E-state index contributed by atoms with van der Waals surface area (Å²) in [7, 11) is 0. The molecule has 3 atom stereocenters. The van der Waals surface area contributed by atoms with Crippen LogP contribution in [0.3, 0.4) is 0 Å². The van der Waals surface area contributed by atoms with Crippen LogP contribution in [0, 0.1) is 18.8 Å². The molecule has 5 rings (SSSR count). The number of hydrogen-bond donors (Lipinski definition) is 1. The summed E-state index contributed by atoms with van der Waals surface area (Å²) in [6.07, 6.45) is -9.43. The van der Waals surface area contributed by atoms with E-state index in [-0.39, 0.29) is 30.3 Å². The highest BCUT2D eigenvalue weighted by Gasteiger charge is 2.66. The number of halogens is 7. The van der Waals surface area contributed by atoms with Crippen molar-refractivity contribution in [1.82, 2.24) is 30.1 Å². The van der Waals surface area contributed by atoms with Gasteiger partial charge < -0.3 is 14.6 Å². The Morgan fingerprint density at radius 2 is 1.92 bits per heavy atom. The van der Waals surface area contributed by atoms with Crippen LogP contribution < -0.4 is 5.32 Å². The SMILES string of the molecule is Cc1nnc(C23CC(C[C@H](C(F)(F)F)C2)N3C(=O)Nc2ccc(C(F)(F)F)c(-n3ncc(F)n3)c2)o1. The molecule has 2 amide bonds. The standard InChI is InChI=1S/C20H16F7N7O2/c1-9-30-31-16(36-9)18-6-10(19(22,23)24)4-12(7-18)33(18)17(35)29-11-2-3-13(20(25,26)27)14(5-11)34-28-8-15(21)32-34/h2-3,5,8,10,12H,4,6-7H2,1H3,(H,29,35)/t10-,12?,18?/m0/s1. The minimum absolute atomic E-state index is 0.101. The maximum atomic E-state index is 13.5. The van der Waals surface area contributed by atoms with E-state index < -0.39 is 59.5 Å². The Labute approximate surface area is 197 Å². The van der Waals surface area contributed by atoms with Crippen LogP contribution in [-0.2, 0) is 11.7 Å². The Morgan fingerprint density at radius 1 is 1.17 bits per heavy atom. The number of likely N-dealkylation sites (tertiary alicyclic amines) is 1. The summed E-state index contributed by atoms with van der Waals surface area (Å²) in [6, 6.07) is 0.820. The molecule has 3 aromatic rings. The molecule has 0 radical (unpaired) electrons. The second-order valence-corrected chi connectivity index (χ2v) is 8.68. The largest absolute Gasteiger partial charge is 0.423 e. The number of benzene rings is 1. The lowest BCUT2D eigenvalue weighted by Crippen LogP contribution is -2.71. The van der Waals surface area contributed by atoms with Crippen molar-refractivity contribution in [1.29, 1.82) is 0 Å². The Morgan fingerprint density at radius 3 is 2.50 bits per heavy atom. The molecule has 2 bridgehead atoms. The van der Waals surface area contributed by atoms with Gasteiger partial charge in [-0.25, -0.2) is 4.79 Å². The summed E-state index contributed by atoms with van der Waals surface area (Å²) in [5.74, 6) is -2.87. The van der Waals surface area contributed by atoms with Crippen LogP contribution in [0.1, 0.15) is 36.6 Å². The van der Waals surface area contributed by atoms with E-state index in [0.717, 1.165) is 17.0 Å². The molecule has 9 nitrogen and oxygen atoms in total. The molecule has 36 heavy (non-hydrogen) atoms. The molecule has 2 fully saturated rings. The van der Waals surface area contributed by atoms with Crippen LogP contribution in [0.2, 0.25) is 0 Å². The fourth-order valence-electron chi connectivity index (χ4n) is 4.94. The molecule has 1 saturated heterocycles. The van der Waals surface area contributed by atoms with Crippen LogP contribution in [0.4, 0.5) is 41.2 Å². The highest BCUT2D eigenvalue weighted by Crippen LogP contribution is 2.58. The van der Waals surface area contributed by atoms with E-state index in [4.69, 9.17) is 4.42 Å². The van der Waals surface area contributed by atoms with Crippen molar-refractivity contribution in [2.75, 3.05) is 5.32 Å². The lowest BCUT2D eigenvalue weighted by Gasteiger charge is -2.61. The number of alkyl halides is 6. The molecular formula is C20H16F7N7O2. The number of carbonyl (C=O) groups is 1. The fraction of sp³-hybridized carbons (Fsp3) is 0.450. The molecule has 2 aromatic heterocycles. The minimum Gasteiger partial charge on any atom is -0.423 e. The van der Waals surface area contributed by atoms with Crippen molar-refractivity contribution < 1.29 is 39.9 Å². The Hall–Kier alpha value is -3.72. The third kappa shape index (κ3) is 3.93. The van der Waals surface area contributed by atoms with E-state index in [9.17, 15) is 35.5 Å². The quantitative estimate of drug-likeness (QED) is 0.508. The zero-order chi connectivity index (χ0) is 26.0. The predicted octanol–water partition coefficient (Wildman–Crippen LogP) is 4.59. The fourth-order valence-corrected chi connectivity index (χ4v) is 4.94. The molecule has 2 unspecified atom stereocenters. The third-order valence-electron chi connectivity index (χ3n) is 6.38. The van der Waals surface area contributed by atoms with E-state index in [1.807, 2.05) is 0 Å². The van der Waals surface area contributed by atoms with Crippen molar-refractivity contribution in [3.05, 3.63) is 47.7 Å². The number of fused-ring (bicyclic) bond motifs is 2. The molecule has 192 valence electrons. The van der Waals surface area contributed by atoms with Gasteiger partial charge in [0.2, 0.25) is 11.8 Å². The second-order valence-electron chi connectivity index (χ2n) is 8.68. The average Bonchev–Trinajstić information content (AvgIpc) is 3.40. The number of nitrogens with one attached hydrogen (secondary N) is 1. The lowest BCUT2D eigenvalue weighted by molar-refractivity contribution is -0.229. The number of aromatic nitrogens is 5. The summed E-state index contributed by atoms with van der Waals surface area (Å²) in [5.41, 5.74) is -3.51. The normalized spacial score (nSPS) is 23.9. The predicted molar refractivity (Wildman–Crippen MR) is 105 cm³/mol. The highest BCUT2D eigenvalue weighted by molar-refractivity contribution is 5.91. The Bertz CT molecular complexity index is 1320. The number of aryl methyl sites for hydroxylation is 1. The number of rotatable bonds is 3. The second kappa shape index (κ2) is 7.89. The zero-order valence-corrected chi connectivity index (χ0v) is 18.2. The number of urea groups is 1. The van der Waals surface area contributed by atoms with Gasteiger partial charge in [0.15, 0.2) is 0 Å². The van der Waals surface area contributed by atoms with Gasteiger partial charge in [0.1, 0.15) is 17.4 Å². The number of anilines is 1. The molecule has 2 aliphatic rings. The zero-order valence-electron chi connectivity index (χ0n) is 18.2. The number of piperidine rings is 1. The monoisotopic (exact) mass is 519 g/mol. The Balaban J connectivity index is 1.47. The van der Waals surface area contributed by atoms with Crippen LogP contribution in [0.15, 0.2) is 28.8 Å². The summed E-state index contributed by atoms with van der Waals surface area (Å²) in [6.45, 7) is 1.45. The molecule has 16 heteroatoms. The maximum absolute atomic E-state index is 13.5. The highest BCUT2D eigenvalue weighted by atomic mass is 19.4. The minimum atomic E-state index is -4.84. The van der Waals surface area contributed by atoms with Gasteiger partial charge in [0.05, 0.1) is 11.5 Å². The first-order chi connectivity index (χ1) is 16.8. The van der Waals surface area contributed by atoms with Gasteiger partial charge in [-0.1, -0.05) is 0 Å². The number of carbonyl (C=O) groups excluding carboxylic acids is 1. The van der Waals surface area contributed by atoms with Gasteiger partial charge in [-0.05, 0) is 31.0 Å². The molecule has 3 heterocycles. The van der Waals surface area contributed by atoms with Gasteiger partial charge in [0, 0.05) is 25.1 Å². The summed E-state index contributed by atoms with van der Waals surface area (Å²) >= 11 is 0. The smallest absolute Gasteiger partial charge is 0.418 e. The molecule has 0 spiro atoms. The summed E-state index contributed by atoms with van der Waals surface area (Å²) in [5, 5.41) is 16.6. The molecule has 1 aromatic carbocycles. The summed E-state index contributed by atoms with van der Waals surface area (Å²) < 4.78 is 99.7. The lowest BCUT2D eigenvalue weighted by atomic mass is 9.63. The first-order valence-electron chi connectivity index (χ1n) is 10.5. The molecule has 1 saturated carbocycles.